The summed E-state index contributed by atoms with van der Waals surface area (Å²) in [5, 5.41) is 8.62. The highest BCUT2D eigenvalue weighted by molar-refractivity contribution is 5.03. The molecule has 1 heterocycles. The molecule has 0 saturated heterocycles. The number of nitrogens with two attached hydrogens (primary N) is 1. The number of nitrogens with zero attached hydrogens (tertiary/aromatic N) is 3. The molecule has 1 aliphatic rings. The Labute approximate surface area is 104 Å². The lowest BCUT2D eigenvalue weighted by atomic mass is 9.82. The SMILES string of the molecule is CCCn1c(CN)nnc1C1CCC(C)CC1. The average molecular weight is 236 g/mol. The second kappa shape index (κ2) is 5.63. The zero-order valence-electron chi connectivity index (χ0n) is 11.0. The van der Waals surface area contributed by atoms with Crippen LogP contribution in [-0.4, -0.2) is 14.8 Å². The fraction of sp³-hybridized carbons (Fsp3) is 0.846. The van der Waals surface area contributed by atoms with Gasteiger partial charge in [0.1, 0.15) is 11.6 Å². The van der Waals surface area contributed by atoms with Crippen LogP contribution in [0.5, 0.6) is 0 Å². The largest absolute Gasteiger partial charge is 0.324 e. The van der Waals surface area contributed by atoms with E-state index in [0.717, 1.165) is 24.7 Å². The molecule has 4 heteroatoms. The van der Waals surface area contributed by atoms with E-state index in [1.807, 2.05) is 0 Å². The number of rotatable bonds is 4. The summed E-state index contributed by atoms with van der Waals surface area (Å²) in [6, 6.07) is 0. The van der Waals surface area contributed by atoms with Gasteiger partial charge in [0.2, 0.25) is 0 Å². The molecule has 0 unspecified atom stereocenters. The van der Waals surface area contributed by atoms with Crippen LogP contribution in [0.15, 0.2) is 0 Å². The summed E-state index contributed by atoms with van der Waals surface area (Å²) in [6.45, 7) is 6.03. The molecule has 0 bridgehead atoms. The molecule has 0 radical (unpaired) electrons. The van der Waals surface area contributed by atoms with E-state index in [2.05, 4.69) is 28.6 Å². The Kier molecular flexibility index (Phi) is 4.15. The summed E-state index contributed by atoms with van der Waals surface area (Å²) in [6.07, 6.45) is 6.27. The van der Waals surface area contributed by atoms with E-state index in [4.69, 9.17) is 5.73 Å². The van der Waals surface area contributed by atoms with Crippen molar-refractivity contribution in [2.45, 2.75) is 65.0 Å². The van der Waals surface area contributed by atoms with Gasteiger partial charge in [-0.2, -0.15) is 0 Å². The summed E-state index contributed by atoms with van der Waals surface area (Å²) in [5.74, 6) is 3.60. The number of hydrogen-bond donors (Lipinski definition) is 1. The van der Waals surface area contributed by atoms with Gasteiger partial charge in [-0.15, -0.1) is 10.2 Å². The second-order valence-electron chi connectivity index (χ2n) is 5.29. The molecule has 17 heavy (non-hydrogen) atoms. The lowest BCUT2D eigenvalue weighted by molar-refractivity contribution is 0.332. The molecule has 1 aromatic heterocycles. The maximum atomic E-state index is 5.72. The van der Waals surface area contributed by atoms with Gasteiger partial charge in [0.05, 0.1) is 6.54 Å². The van der Waals surface area contributed by atoms with Gasteiger partial charge in [-0.3, -0.25) is 0 Å². The first-order chi connectivity index (χ1) is 8.26. The Morgan fingerprint density at radius 2 is 1.94 bits per heavy atom. The third-order valence-corrected chi connectivity index (χ3v) is 3.87. The quantitative estimate of drug-likeness (QED) is 0.873. The van der Waals surface area contributed by atoms with Crippen LogP contribution in [0.4, 0.5) is 0 Å². The van der Waals surface area contributed by atoms with Crippen molar-refractivity contribution in [3.63, 3.8) is 0 Å². The molecule has 1 fully saturated rings. The lowest BCUT2D eigenvalue weighted by Crippen LogP contribution is -2.17. The normalized spacial score (nSPS) is 25.1. The zero-order valence-corrected chi connectivity index (χ0v) is 11.0. The molecule has 0 amide bonds. The van der Waals surface area contributed by atoms with E-state index in [0.29, 0.717) is 12.5 Å². The number of aromatic nitrogens is 3. The van der Waals surface area contributed by atoms with Gasteiger partial charge in [-0.05, 0) is 25.2 Å². The van der Waals surface area contributed by atoms with Crippen LogP contribution in [0, 0.1) is 5.92 Å². The lowest BCUT2D eigenvalue weighted by Gasteiger charge is -2.26. The summed E-state index contributed by atoms with van der Waals surface area (Å²) >= 11 is 0. The average Bonchev–Trinajstić information content (AvgIpc) is 2.74. The summed E-state index contributed by atoms with van der Waals surface area (Å²) in [5.41, 5.74) is 5.72. The van der Waals surface area contributed by atoms with E-state index in [1.54, 1.807) is 0 Å². The van der Waals surface area contributed by atoms with Crippen LogP contribution in [0.2, 0.25) is 0 Å². The Morgan fingerprint density at radius 1 is 1.24 bits per heavy atom. The van der Waals surface area contributed by atoms with E-state index in [1.165, 1.54) is 31.5 Å². The monoisotopic (exact) mass is 236 g/mol. The molecule has 0 atom stereocenters. The highest BCUT2D eigenvalue weighted by atomic mass is 15.3. The molecule has 2 N–H and O–H groups in total. The van der Waals surface area contributed by atoms with Crippen LogP contribution in [0.25, 0.3) is 0 Å². The maximum absolute atomic E-state index is 5.72. The van der Waals surface area contributed by atoms with Gasteiger partial charge >= 0.3 is 0 Å². The van der Waals surface area contributed by atoms with Gasteiger partial charge < -0.3 is 10.3 Å². The fourth-order valence-corrected chi connectivity index (χ4v) is 2.79. The van der Waals surface area contributed by atoms with Crippen LogP contribution >= 0.6 is 0 Å². The summed E-state index contributed by atoms with van der Waals surface area (Å²) < 4.78 is 2.25. The topological polar surface area (TPSA) is 56.7 Å². The fourth-order valence-electron chi connectivity index (χ4n) is 2.79. The van der Waals surface area contributed by atoms with Crippen molar-refractivity contribution in [1.29, 1.82) is 0 Å². The second-order valence-corrected chi connectivity index (χ2v) is 5.29. The van der Waals surface area contributed by atoms with E-state index in [9.17, 15) is 0 Å². The molecule has 0 aromatic carbocycles. The molecular formula is C13H24N4. The highest BCUT2D eigenvalue weighted by Gasteiger charge is 2.24. The van der Waals surface area contributed by atoms with E-state index < -0.39 is 0 Å². The molecule has 1 aliphatic carbocycles. The van der Waals surface area contributed by atoms with Crippen LogP contribution < -0.4 is 5.73 Å². The summed E-state index contributed by atoms with van der Waals surface area (Å²) in [7, 11) is 0. The minimum absolute atomic E-state index is 0.496. The Bertz CT molecular complexity index is 350. The van der Waals surface area contributed by atoms with Gasteiger partial charge in [-0.1, -0.05) is 26.7 Å². The molecular weight excluding hydrogens is 212 g/mol. The van der Waals surface area contributed by atoms with Crippen LogP contribution in [-0.2, 0) is 13.1 Å². The minimum atomic E-state index is 0.496. The van der Waals surface area contributed by atoms with Crippen molar-refractivity contribution in [3.8, 4) is 0 Å². The van der Waals surface area contributed by atoms with Gasteiger partial charge in [0.25, 0.3) is 0 Å². The van der Waals surface area contributed by atoms with Crippen molar-refractivity contribution in [2.75, 3.05) is 0 Å². The first-order valence-corrected chi connectivity index (χ1v) is 6.88. The van der Waals surface area contributed by atoms with Crippen molar-refractivity contribution in [1.82, 2.24) is 14.8 Å². The predicted octanol–water partition coefficient (Wildman–Crippen LogP) is 2.44. The van der Waals surface area contributed by atoms with Crippen molar-refractivity contribution < 1.29 is 0 Å². The smallest absolute Gasteiger partial charge is 0.146 e. The van der Waals surface area contributed by atoms with Gasteiger partial charge in [0.15, 0.2) is 0 Å². The molecule has 1 saturated carbocycles. The van der Waals surface area contributed by atoms with Crippen molar-refractivity contribution >= 4 is 0 Å². The standard InChI is InChI=1S/C13H24N4/c1-3-8-17-12(9-14)15-16-13(17)11-6-4-10(2)5-7-11/h10-11H,3-9,14H2,1-2H3. The molecule has 0 aliphatic heterocycles. The Morgan fingerprint density at radius 3 is 2.53 bits per heavy atom. The van der Waals surface area contributed by atoms with Crippen molar-refractivity contribution in [3.05, 3.63) is 11.6 Å². The number of hydrogen-bond acceptors (Lipinski definition) is 3. The molecule has 1 aromatic rings. The molecule has 2 rings (SSSR count). The summed E-state index contributed by atoms with van der Waals surface area (Å²) in [4.78, 5) is 0. The maximum Gasteiger partial charge on any atom is 0.146 e. The van der Waals surface area contributed by atoms with Gasteiger partial charge in [0, 0.05) is 12.5 Å². The van der Waals surface area contributed by atoms with Gasteiger partial charge in [-0.25, -0.2) is 0 Å². The van der Waals surface area contributed by atoms with Crippen molar-refractivity contribution in [2.24, 2.45) is 11.7 Å². The third kappa shape index (κ3) is 2.68. The Hall–Kier alpha value is -0.900. The van der Waals surface area contributed by atoms with Crippen LogP contribution in [0.1, 0.15) is 63.5 Å². The Balaban J connectivity index is 2.16. The minimum Gasteiger partial charge on any atom is -0.324 e. The predicted molar refractivity (Wildman–Crippen MR) is 68.6 cm³/mol. The molecule has 0 spiro atoms. The highest BCUT2D eigenvalue weighted by Crippen LogP contribution is 2.34. The molecule has 96 valence electrons. The first-order valence-electron chi connectivity index (χ1n) is 6.88. The van der Waals surface area contributed by atoms with Crippen LogP contribution in [0.3, 0.4) is 0 Å². The van der Waals surface area contributed by atoms with E-state index in [-0.39, 0.29) is 0 Å². The first kappa shape index (κ1) is 12.6. The zero-order chi connectivity index (χ0) is 12.3. The third-order valence-electron chi connectivity index (χ3n) is 3.87. The van der Waals surface area contributed by atoms with E-state index >= 15 is 0 Å². The molecule has 4 nitrogen and oxygen atoms in total.